The van der Waals surface area contributed by atoms with Gasteiger partial charge in [-0.25, -0.2) is 4.57 Å². The molecule has 0 aromatic heterocycles. The minimum absolute atomic E-state index is 0.0348. The maximum absolute atomic E-state index is 12.8. The van der Waals surface area contributed by atoms with Crippen LogP contribution in [0.4, 0.5) is 0 Å². The van der Waals surface area contributed by atoms with E-state index in [4.69, 9.17) is 24.8 Å². The highest BCUT2D eigenvalue weighted by Crippen LogP contribution is 2.43. The fourth-order valence-electron chi connectivity index (χ4n) is 7.16. The van der Waals surface area contributed by atoms with Gasteiger partial charge in [-0.2, -0.15) is 0 Å². The monoisotopic (exact) mass is 862 g/mol. The molecule has 14 nitrogen and oxygen atoms in total. The molecule has 0 spiro atoms. The van der Waals surface area contributed by atoms with E-state index in [1.165, 1.54) is 44.9 Å². The van der Waals surface area contributed by atoms with E-state index < -0.39 is 76.0 Å². The Hall–Kier alpha value is -2.16. The van der Waals surface area contributed by atoms with Crippen molar-refractivity contribution in [2.75, 3.05) is 19.8 Å². The van der Waals surface area contributed by atoms with Crippen molar-refractivity contribution in [2.45, 2.75) is 205 Å². The molecule has 1 fully saturated rings. The largest absolute Gasteiger partial charge is 0.480 e. The van der Waals surface area contributed by atoms with E-state index in [1.807, 2.05) is 6.08 Å². The van der Waals surface area contributed by atoms with Gasteiger partial charge >= 0.3 is 25.7 Å². The van der Waals surface area contributed by atoms with Crippen LogP contribution in [0.1, 0.15) is 174 Å². The molecule has 1 aliphatic rings. The molecule has 1 aliphatic carbocycles. The molecule has 8 atom stereocenters. The molecule has 1 rings (SSSR count). The molecular formula is C44H80NO13P. The number of aliphatic hydroxyl groups is 3. The van der Waals surface area contributed by atoms with Gasteiger partial charge in [0.15, 0.2) is 6.10 Å². The molecule has 0 saturated heterocycles. The van der Waals surface area contributed by atoms with Crippen LogP contribution >= 0.6 is 7.82 Å². The number of ether oxygens (including phenoxy) is 2. The first kappa shape index (κ1) is 54.9. The number of phosphoric ester groups is 1. The molecule has 7 N–H and O–H groups in total. The third kappa shape index (κ3) is 28.9. The van der Waals surface area contributed by atoms with Crippen LogP contribution in [0.25, 0.3) is 0 Å². The van der Waals surface area contributed by atoms with Crippen molar-refractivity contribution in [2.24, 2.45) is 17.6 Å². The summed E-state index contributed by atoms with van der Waals surface area (Å²) in [4.78, 5) is 46.2. The number of carboxylic acid groups (broad SMARTS) is 1. The number of allylic oxidation sites excluding steroid dienone is 2. The number of carbonyl (C=O) groups is 3. The fourth-order valence-corrected chi connectivity index (χ4v) is 7.93. The molecule has 0 amide bonds. The highest BCUT2D eigenvalue weighted by Gasteiger charge is 2.39. The third-order valence-electron chi connectivity index (χ3n) is 10.8. The van der Waals surface area contributed by atoms with Crippen LogP contribution in [0.2, 0.25) is 0 Å². The Morgan fingerprint density at radius 3 is 1.90 bits per heavy atom. The molecule has 1 saturated carbocycles. The van der Waals surface area contributed by atoms with Gasteiger partial charge in [0.05, 0.1) is 31.5 Å². The summed E-state index contributed by atoms with van der Waals surface area (Å²) in [5, 5.41) is 40.3. The molecule has 59 heavy (non-hydrogen) atoms. The molecule has 1 unspecified atom stereocenters. The maximum Gasteiger partial charge on any atom is 0.472 e. The summed E-state index contributed by atoms with van der Waals surface area (Å²) in [6, 6.07) is -1.56. The highest BCUT2D eigenvalue weighted by molar-refractivity contribution is 7.47. The molecule has 15 heteroatoms. The number of aliphatic hydroxyl groups excluding tert-OH is 3. The summed E-state index contributed by atoms with van der Waals surface area (Å²) in [5.41, 5.74) is 5.33. The number of aliphatic carboxylic acids is 1. The first-order valence-electron chi connectivity index (χ1n) is 22.6. The number of carbonyl (C=O) groups excluding carboxylic acids is 2. The minimum Gasteiger partial charge on any atom is -0.480 e. The Bertz CT molecular complexity index is 1220. The van der Waals surface area contributed by atoms with Crippen LogP contribution in [0.3, 0.4) is 0 Å². The van der Waals surface area contributed by atoms with Crippen molar-refractivity contribution in [1.29, 1.82) is 0 Å². The first-order valence-corrected chi connectivity index (χ1v) is 24.1. The highest BCUT2D eigenvalue weighted by atomic mass is 31.2. The van der Waals surface area contributed by atoms with Crippen LogP contribution in [0.15, 0.2) is 24.3 Å². The molecule has 0 aromatic carbocycles. The summed E-state index contributed by atoms with van der Waals surface area (Å²) >= 11 is 0. The van der Waals surface area contributed by atoms with Gasteiger partial charge in [-0.05, 0) is 57.3 Å². The second-order valence-corrected chi connectivity index (χ2v) is 17.6. The van der Waals surface area contributed by atoms with Crippen LogP contribution in [-0.2, 0) is 37.5 Å². The number of carboxylic acids is 1. The lowest BCUT2D eigenvalue weighted by Gasteiger charge is -2.21. The van der Waals surface area contributed by atoms with Crippen LogP contribution in [0, 0.1) is 11.8 Å². The maximum atomic E-state index is 12.8. The van der Waals surface area contributed by atoms with Crippen LogP contribution in [0.5, 0.6) is 0 Å². The Morgan fingerprint density at radius 2 is 1.27 bits per heavy atom. The molecular weight excluding hydrogens is 781 g/mol. The number of hydrogen-bond donors (Lipinski definition) is 6. The van der Waals surface area contributed by atoms with E-state index in [0.717, 1.165) is 64.2 Å². The average Bonchev–Trinajstić information content (AvgIpc) is 3.47. The zero-order valence-electron chi connectivity index (χ0n) is 36.2. The Balaban J connectivity index is 2.47. The van der Waals surface area contributed by atoms with E-state index in [9.17, 15) is 39.2 Å². The second-order valence-electron chi connectivity index (χ2n) is 16.1. The van der Waals surface area contributed by atoms with E-state index in [2.05, 4.69) is 30.5 Å². The van der Waals surface area contributed by atoms with Gasteiger partial charge in [0.2, 0.25) is 0 Å². The number of unbranched alkanes of at least 4 members (excludes halogenated alkanes) is 16. The van der Waals surface area contributed by atoms with E-state index in [1.54, 1.807) is 6.08 Å². The standard InChI is InChI=1S/C44H80NO13P/c1-3-5-7-8-9-10-11-12-13-14-15-16-17-18-23-27-42(49)55-32-36(33-56-59(53,54)57-34-39(45)44(51)52)58-43(50)28-24-20-19-22-26-37-38(41(48)31-40(37)47)30-29-35(46)25-21-6-4-2/h10-11,29-30,35-41,46-48H,3-9,12-28,31-34,45H2,1-2H3,(H,51,52)(H,53,54)/b11-10-,30-29+/t35-,36+,37+,38+,39-,40-,41+/m0/s1. The molecule has 0 bridgehead atoms. The zero-order valence-corrected chi connectivity index (χ0v) is 37.1. The fraction of sp³-hybridized carbons (Fsp3) is 0.841. The molecule has 0 radical (unpaired) electrons. The molecule has 0 heterocycles. The zero-order chi connectivity index (χ0) is 43.7. The van der Waals surface area contributed by atoms with Gasteiger partial charge in [0.1, 0.15) is 12.6 Å². The number of esters is 2. The predicted molar refractivity (Wildman–Crippen MR) is 228 cm³/mol. The summed E-state index contributed by atoms with van der Waals surface area (Å²) in [5.74, 6) is -2.90. The summed E-state index contributed by atoms with van der Waals surface area (Å²) in [6.07, 6.45) is 27.3. The quantitative estimate of drug-likeness (QED) is 0.0149. The molecule has 0 aromatic rings. The lowest BCUT2D eigenvalue weighted by atomic mass is 9.88. The van der Waals surface area contributed by atoms with Crippen LogP contribution < -0.4 is 5.73 Å². The number of hydrogen-bond acceptors (Lipinski definition) is 12. The summed E-state index contributed by atoms with van der Waals surface area (Å²) in [7, 11) is -4.78. The average molecular weight is 862 g/mol. The van der Waals surface area contributed by atoms with Crippen molar-refractivity contribution >= 4 is 25.7 Å². The second kappa shape index (κ2) is 34.4. The Kier molecular flexibility index (Phi) is 32.0. The first-order chi connectivity index (χ1) is 28.3. The third-order valence-corrected chi connectivity index (χ3v) is 11.7. The predicted octanol–water partition coefficient (Wildman–Crippen LogP) is 8.22. The Morgan fingerprint density at radius 1 is 0.729 bits per heavy atom. The summed E-state index contributed by atoms with van der Waals surface area (Å²) in [6.45, 7) is 2.48. The van der Waals surface area contributed by atoms with E-state index >= 15 is 0 Å². The van der Waals surface area contributed by atoms with Gasteiger partial charge in [0.25, 0.3) is 0 Å². The van der Waals surface area contributed by atoms with E-state index in [0.29, 0.717) is 38.5 Å². The number of rotatable bonds is 38. The summed E-state index contributed by atoms with van der Waals surface area (Å²) < 4.78 is 32.7. The van der Waals surface area contributed by atoms with Gasteiger partial charge < -0.3 is 40.5 Å². The minimum atomic E-state index is -4.78. The van der Waals surface area contributed by atoms with Gasteiger partial charge in [-0.3, -0.25) is 23.4 Å². The molecule has 0 aliphatic heterocycles. The topological polar surface area (TPSA) is 232 Å². The van der Waals surface area contributed by atoms with Crippen molar-refractivity contribution < 1.29 is 62.8 Å². The number of phosphoric acid groups is 1. The lowest BCUT2D eigenvalue weighted by molar-refractivity contribution is -0.161. The van der Waals surface area contributed by atoms with Gasteiger partial charge in [-0.15, -0.1) is 0 Å². The lowest BCUT2D eigenvalue weighted by Crippen LogP contribution is -2.34. The normalized spacial score (nSPS) is 20.8. The van der Waals surface area contributed by atoms with Crippen LogP contribution in [-0.4, -0.2) is 93.5 Å². The smallest absolute Gasteiger partial charge is 0.472 e. The Labute approximate surface area is 354 Å². The molecule has 344 valence electrons. The van der Waals surface area contributed by atoms with Gasteiger partial charge in [-0.1, -0.05) is 128 Å². The van der Waals surface area contributed by atoms with Gasteiger partial charge in [0, 0.05) is 25.2 Å². The van der Waals surface area contributed by atoms with Crippen molar-refractivity contribution in [3.05, 3.63) is 24.3 Å². The van der Waals surface area contributed by atoms with Crippen molar-refractivity contribution in [3.8, 4) is 0 Å². The van der Waals surface area contributed by atoms with Crippen molar-refractivity contribution in [3.63, 3.8) is 0 Å². The van der Waals surface area contributed by atoms with E-state index in [-0.39, 0.29) is 24.7 Å². The SMILES string of the molecule is CCCCCC/C=C\CCCCCCCCCC(=O)OC[C@H](COP(=O)(O)OC[C@H](N)C(=O)O)OC(=O)CCCCCC[C@@H]1[C@@H](/C=C/[C@@H](O)CCCCC)[C@H](O)C[C@@H]1O. The van der Waals surface area contributed by atoms with Crippen molar-refractivity contribution in [1.82, 2.24) is 0 Å². The number of nitrogens with two attached hydrogens (primary N) is 1.